The van der Waals surface area contributed by atoms with E-state index in [9.17, 15) is 4.79 Å². The predicted octanol–water partition coefficient (Wildman–Crippen LogP) is 3.00. The minimum atomic E-state index is -0.114. The Bertz CT molecular complexity index is 652. The highest BCUT2D eigenvalue weighted by Gasteiger charge is 2.12. The zero-order chi connectivity index (χ0) is 13.9. The number of benzene rings is 1. The van der Waals surface area contributed by atoms with Gasteiger partial charge < -0.3 is 10.6 Å². The van der Waals surface area contributed by atoms with Gasteiger partial charge in [-0.15, -0.1) is 0 Å². The van der Waals surface area contributed by atoms with E-state index in [2.05, 4.69) is 15.6 Å². The summed E-state index contributed by atoms with van der Waals surface area (Å²) in [6, 6.07) is 9.56. The summed E-state index contributed by atoms with van der Waals surface area (Å²) in [6.07, 6.45) is 3.82. The molecule has 20 heavy (non-hydrogen) atoms. The van der Waals surface area contributed by atoms with Crippen LogP contribution in [0.1, 0.15) is 27.9 Å². The van der Waals surface area contributed by atoms with Crippen molar-refractivity contribution in [1.29, 1.82) is 0 Å². The average Bonchev–Trinajstić information content (AvgIpc) is 2.47. The van der Waals surface area contributed by atoms with Gasteiger partial charge in [0.2, 0.25) is 0 Å². The standard InChI is InChI=1S/C16H17N3O/c1-11-6-8-18-15(9-11)19-16(20)13-4-5-14-12(10-13)3-2-7-17-14/h4-6,8-10,17H,2-3,7H2,1H3,(H,18,19,20). The van der Waals surface area contributed by atoms with E-state index in [1.807, 2.05) is 37.3 Å². The van der Waals surface area contributed by atoms with Crippen LogP contribution in [0.25, 0.3) is 0 Å². The maximum absolute atomic E-state index is 12.2. The lowest BCUT2D eigenvalue weighted by Gasteiger charge is -2.18. The fourth-order valence-electron chi connectivity index (χ4n) is 2.41. The van der Waals surface area contributed by atoms with Crippen molar-refractivity contribution in [3.8, 4) is 0 Å². The molecule has 0 fully saturated rings. The summed E-state index contributed by atoms with van der Waals surface area (Å²) in [4.78, 5) is 16.4. The molecule has 1 aliphatic rings. The van der Waals surface area contributed by atoms with E-state index in [0.29, 0.717) is 11.4 Å². The first kappa shape index (κ1) is 12.7. The van der Waals surface area contributed by atoms with E-state index >= 15 is 0 Å². The molecule has 0 saturated heterocycles. The van der Waals surface area contributed by atoms with Gasteiger partial charge in [-0.3, -0.25) is 4.79 Å². The molecule has 4 heteroatoms. The lowest BCUT2D eigenvalue weighted by Crippen LogP contribution is -2.16. The highest BCUT2D eigenvalue weighted by atomic mass is 16.1. The molecule has 4 nitrogen and oxygen atoms in total. The molecule has 1 aromatic heterocycles. The molecule has 0 atom stereocenters. The lowest BCUT2D eigenvalue weighted by molar-refractivity contribution is 0.102. The van der Waals surface area contributed by atoms with E-state index in [0.717, 1.165) is 30.6 Å². The second-order valence-corrected chi connectivity index (χ2v) is 5.07. The third-order valence-electron chi connectivity index (χ3n) is 3.46. The predicted molar refractivity (Wildman–Crippen MR) is 80.2 cm³/mol. The minimum absolute atomic E-state index is 0.114. The first-order valence-corrected chi connectivity index (χ1v) is 6.83. The van der Waals surface area contributed by atoms with Crippen molar-refractivity contribution in [2.24, 2.45) is 0 Å². The summed E-state index contributed by atoms with van der Waals surface area (Å²) >= 11 is 0. The summed E-state index contributed by atoms with van der Waals surface area (Å²) in [7, 11) is 0. The van der Waals surface area contributed by atoms with Crippen LogP contribution in [0.3, 0.4) is 0 Å². The van der Waals surface area contributed by atoms with E-state index in [1.165, 1.54) is 5.56 Å². The van der Waals surface area contributed by atoms with Crippen molar-refractivity contribution in [3.63, 3.8) is 0 Å². The summed E-state index contributed by atoms with van der Waals surface area (Å²) in [5, 5.41) is 6.18. The molecular weight excluding hydrogens is 250 g/mol. The summed E-state index contributed by atoms with van der Waals surface area (Å²) in [6.45, 7) is 2.98. The van der Waals surface area contributed by atoms with E-state index in [1.54, 1.807) is 6.20 Å². The van der Waals surface area contributed by atoms with Crippen LogP contribution >= 0.6 is 0 Å². The fraction of sp³-hybridized carbons (Fsp3) is 0.250. The highest BCUT2D eigenvalue weighted by molar-refractivity contribution is 6.04. The van der Waals surface area contributed by atoms with Crippen molar-refractivity contribution in [2.45, 2.75) is 19.8 Å². The number of rotatable bonds is 2. The van der Waals surface area contributed by atoms with Crippen LogP contribution in [-0.4, -0.2) is 17.4 Å². The van der Waals surface area contributed by atoms with E-state index < -0.39 is 0 Å². The van der Waals surface area contributed by atoms with Gasteiger partial charge in [-0.25, -0.2) is 4.98 Å². The molecule has 2 aromatic rings. The number of fused-ring (bicyclic) bond motifs is 1. The number of nitrogens with one attached hydrogen (secondary N) is 2. The van der Waals surface area contributed by atoms with Crippen LogP contribution in [0.2, 0.25) is 0 Å². The SMILES string of the molecule is Cc1ccnc(NC(=O)c2ccc3c(c2)CCCN3)c1. The highest BCUT2D eigenvalue weighted by Crippen LogP contribution is 2.23. The monoisotopic (exact) mass is 267 g/mol. The molecule has 2 N–H and O–H groups in total. The third kappa shape index (κ3) is 2.64. The number of aromatic nitrogens is 1. The first-order chi connectivity index (χ1) is 9.72. The van der Waals surface area contributed by atoms with Crippen molar-refractivity contribution < 1.29 is 4.79 Å². The smallest absolute Gasteiger partial charge is 0.256 e. The quantitative estimate of drug-likeness (QED) is 0.879. The maximum Gasteiger partial charge on any atom is 0.256 e. The molecule has 0 spiro atoms. The molecule has 0 radical (unpaired) electrons. The number of carbonyl (C=O) groups is 1. The number of hydrogen-bond acceptors (Lipinski definition) is 3. The topological polar surface area (TPSA) is 54.0 Å². The number of carbonyl (C=O) groups excluding carboxylic acids is 1. The Labute approximate surface area is 118 Å². The average molecular weight is 267 g/mol. The van der Waals surface area contributed by atoms with Gasteiger partial charge in [0.05, 0.1) is 0 Å². The van der Waals surface area contributed by atoms with Crippen molar-refractivity contribution in [2.75, 3.05) is 17.2 Å². The fourth-order valence-corrected chi connectivity index (χ4v) is 2.41. The van der Waals surface area contributed by atoms with Gasteiger partial charge in [-0.1, -0.05) is 0 Å². The number of nitrogens with zero attached hydrogens (tertiary/aromatic N) is 1. The summed E-state index contributed by atoms with van der Waals surface area (Å²) in [5.74, 6) is 0.474. The Hall–Kier alpha value is -2.36. The molecule has 102 valence electrons. The Morgan fingerprint density at radius 3 is 3.05 bits per heavy atom. The van der Waals surface area contributed by atoms with Gasteiger partial charge in [-0.05, 0) is 61.2 Å². The van der Waals surface area contributed by atoms with Crippen LogP contribution in [0, 0.1) is 6.92 Å². The number of anilines is 2. The molecule has 0 aliphatic carbocycles. The zero-order valence-electron chi connectivity index (χ0n) is 11.4. The molecule has 0 bridgehead atoms. The van der Waals surface area contributed by atoms with Gasteiger partial charge in [0, 0.05) is 24.0 Å². The van der Waals surface area contributed by atoms with Crippen molar-refractivity contribution in [1.82, 2.24) is 4.98 Å². The van der Waals surface area contributed by atoms with Gasteiger partial charge in [-0.2, -0.15) is 0 Å². The first-order valence-electron chi connectivity index (χ1n) is 6.83. The molecule has 1 aliphatic heterocycles. The number of amides is 1. The lowest BCUT2D eigenvalue weighted by atomic mass is 10.0. The van der Waals surface area contributed by atoms with Crippen molar-refractivity contribution >= 4 is 17.4 Å². The normalized spacial score (nSPS) is 13.2. The zero-order valence-corrected chi connectivity index (χ0v) is 11.4. The van der Waals surface area contributed by atoms with Gasteiger partial charge in [0.1, 0.15) is 5.82 Å². The van der Waals surface area contributed by atoms with Crippen LogP contribution in [0.4, 0.5) is 11.5 Å². The molecule has 0 saturated carbocycles. The number of hydrogen-bond donors (Lipinski definition) is 2. The van der Waals surface area contributed by atoms with Crippen molar-refractivity contribution in [3.05, 3.63) is 53.2 Å². The second-order valence-electron chi connectivity index (χ2n) is 5.07. The molecule has 2 heterocycles. The minimum Gasteiger partial charge on any atom is -0.385 e. The largest absolute Gasteiger partial charge is 0.385 e. The Morgan fingerprint density at radius 1 is 1.30 bits per heavy atom. The number of pyridine rings is 1. The van der Waals surface area contributed by atoms with E-state index in [4.69, 9.17) is 0 Å². The summed E-state index contributed by atoms with van der Waals surface area (Å²) < 4.78 is 0. The van der Waals surface area contributed by atoms with Crippen LogP contribution in [-0.2, 0) is 6.42 Å². The second kappa shape index (κ2) is 5.33. The van der Waals surface area contributed by atoms with Gasteiger partial charge in [0.25, 0.3) is 5.91 Å². The number of aryl methyl sites for hydroxylation is 2. The summed E-state index contributed by atoms with van der Waals surface area (Å²) in [5.41, 5.74) is 4.10. The van der Waals surface area contributed by atoms with Crippen LogP contribution < -0.4 is 10.6 Å². The molecular formula is C16H17N3O. The molecule has 1 aromatic carbocycles. The van der Waals surface area contributed by atoms with Crippen LogP contribution in [0.5, 0.6) is 0 Å². The Morgan fingerprint density at radius 2 is 2.20 bits per heavy atom. The van der Waals surface area contributed by atoms with Gasteiger partial charge in [0.15, 0.2) is 0 Å². The third-order valence-corrected chi connectivity index (χ3v) is 3.46. The van der Waals surface area contributed by atoms with Gasteiger partial charge >= 0.3 is 0 Å². The molecule has 3 rings (SSSR count). The Balaban J connectivity index is 1.80. The van der Waals surface area contributed by atoms with E-state index in [-0.39, 0.29) is 5.91 Å². The molecule has 0 unspecified atom stereocenters. The maximum atomic E-state index is 12.2. The Kier molecular flexibility index (Phi) is 3.37. The van der Waals surface area contributed by atoms with Crippen LogP contribution in [0.15, 0.2) is 36.5 Å². The molecule has 1 amide bonds.